The fraction of sp³-hybridized carbons (Fsp3) is 0.269. The highest BCUT2D eigenvalue weighted by Gasteiger charge is 2.22. The number of rotatable bonds is 5. The molecule has 1 aromatic carbocycles. The zero-order chi connectivity index (χ0) is 23.6. The van der Waals surface area contributed by atoms with Crippen LogP contribution in [0.5, 0.6) is 0 Å². The summed E-state index contributed by atoms with van der Waals surface area (Å²) in [4.78, 5) is 29.8. The molecule has 0 atom stereocenters. The Hall–Kier alpha value is -3.54. The van der Waals surface area contributed by atoms with Gasteiger partial charge in [0.25, 0.3) is 0 Å². The molecule has 2 aliphatic rings. The molecule has 0 saturated carbocycles. The van der Waals surface area contributed by atoms with Crippen LogP contribution in [0.4, 0.5) is 4.39 Å². The molecule has 0 aromatic heterocycles. The van der Waals surface area contributed by atoms with Crippen molar-refractivity contribution in [2.45, 2.75) is 40.5 Å². The number of carboxylic acid groups (broad SMARTS) is 1. The Morgan fingerprint density at radius 3 is 2.59 bits per heavy atom. The molecule has 1 heterocycles. The van der Waals surface area contributed by atoms with Crippen molar-refractivity contribution in [3.63, 3.8) is 0 Å². The number of carboxylic acids is 1. The number of allylic oxidation sites excluding steroid dienone is 6. The number of halogens is 1. The van der Waals surface area contributed by atoms with Crippen molar-refractivity contribution in [3.05, 3.63) is 81.6 Å². The van der Waals surface area contributed by atoms with Crippen LogP contribution in [0.25, 0.3) is 11.6 Å². The fourth-order valence-corrected chi connectivity index (χ4v) is 3.86. The normalized spacial score (nSPS) is 17.8. The maximum Gasteiger partial charge on any atom is 0.335 e. The standard InChI is InChI=1S/C26H27FN2O3/c1-6-17(13-24-28-23(16(4)30)14-19(7-2)29(24)5)21-11-9-18-8-10-20(26(31)32)15(3)12-22(18)25(21)27/h6,8-11,13-14H,7,12H2,1-5H3,(H,31,32)/b17-6+,24-13-. The molecule has 1 aliphatic carbocycles. The van der Waals surface area contributed by atoms with Crippen LogP contribution >= 0.6 is 0 Å². The molecule has 5 nitrogen and oxygen atoms in total. The summed E-state index contributed by atoms with van der Waals surface area (Å²) in [6.07, 6.45) is 9.46. The van der Waals surface area contributed by atoms with Crippen LogP contribution in [-0.2, 0) is 16.0 Å². The van der Waals surface area contributed by atoms with Gasteiger partial charge in [-0.25, -0.2) is 14.2 Å². The molecule has 1 aromatic rings. The zero-order valence-corrected chi connectivity index (χ0v) is 19.0. The van der Waals surface area contributed by atoms with Gasteiger partial charge in [0.15, 0.2) is 5.78 Å². The molecule has 0 spiro atoms. The number of aliphatic imine (C=N–C) groups is 1. The van der Waals surface area contributed by atoms with Crippen molar-refractivity contribution in [3.8, 4) is 0 Å². The molecule has 0 unspecified atom stereocenters. The number of benzene rings is 1. The van der Waals surface area contributed by atoms with E-state index in [0.29, 0.717) is 39.4 Å². The van der Waals surface area contributed by atoms with Gasteiger partial charge in [0.2, 0.25) is 0 Å². The van der Waals surface area contributed by atoms with E-state index in [4.69, 9.17) is 0 Å². The highest BCUT2D eigenvalue weighted by atomic mass is 19.1. The van der Waals surface area contributed by atoms with Crippen LogP contribution in [0, 0.1) is 5.82 Å². The molecule has 32 heavy (non-hydrogen) atoms. The number of fused-ring (bicyclic) bond motifs is 1. The first-order valence-electron chi connectivity index (χ1n) is 10.5. The first-order valence-corrected chi connectivity index (χ1v) is 10.5. The minimum absolute atomic E-state index is 0.128. The summed E-state index contributed by atoms with van der Waals surface area (Å²) in [5, 5.41) is 9.41. The minimum Gasteiger partial charge on any atom is -0.478 e. The Bertz CT molecular complexity index is 1180. The van der Waals surface area contributed by atoms with Crippen molar-refractivity contribution < 1.29 is 19.1 Å². The van der Waals surface area contributed by atoms with Crippen molar-refractivity contribution in [1.82, 2.24) is 4.90 Å². The third kappa shape index (κ3) is 4.40. The van der Waals surface area contributed by atoms with E-state index in [1.807, 2.05) is 25.8 Å². The smallest absolute Gasteiger partial charge is 0.335 e. The number of carbonyl (C=O) groups excluding carboxylic acids is 1. The second-order valence-electron chi connectivity index (χ2n) is 7.85. The Morgan fingerprint density at radius 2 is 2.00 bits per heavy atom. The molecular weight excluding hydrogens is 407 g/mol. The molecule has 0 radical (unpaired) electrons. The molecule has 1 aliphatic heterocycles. The summed E-state index contributed by atoms with van der Waals surface area (Å²) in [5.41, 5.74) is 4.26. The fourth-order valence-electron chi connectivity index (χ4n) is 3.86. The highest BCUT2D eigenvalue weighted by molar-refractivity contribution is 6.44. The lowest BCUT2D eigenvalue weighted by molar-refractivity contribution is -0.132. The van der Waals surface area contributed by atoms with Gasteiger partial charge in [-0.1, -0.05) is 36.8 Å². The number of aliphatic carboxylic acids is 1. The maximum absolute atomic E-state index is 15.7. The summed E-state index contributed by atoms with van der Waals surface area (Å²) in [7, 11) is 1.87. The van der Waals surface area contributed by atoms with Crippen LogP contribution in [0.2, 0.25) is 0 Å². The highest BCUT2D eigenvalue weighted by Crippen LogP contribution is 2.32. The molecular formula is C26H27FN2O3. The lowest BCUT2D eigenvalue weighted by atomic mass is 9.94. The minimum atomic E-state index is -1.02. The predicted octanol–water partition coefficient (Wildman–Crippen LogP) is 5.31. The van der Waals surface area contributed by atoms with E-state index >= 15 is 4.39 Å². The Morgan fingerprint density at radius 1 is 1.28 bits per heavy atom. The molecule has 0 fully saturated rings. The van der Waals surface area contributed by atoms with Gasteiger partial charge in [0, 0.05) is 25.2 Å². The van der Waals surface area contributed by atoms with Crippen LogP contribution in [0.3, 0.4) is 0 Å². The lowest BCUT2D eigenvalue weighted by Crippen LogP contribution is -2.24. The van der Waals surface area contributed by atoms with Gasteiger partial charge in [-0.05, 0) is 61.6 Å². The van der Waals surface area contributed by atoms with Crippen LogP contribution in [-0.4, -0.2) is 34.5 Å². The second-order valence-corrected chi connectivity index (χ2v) is 7.85. The van der Waals surface area contributed by atoms with Gasteiger partial charge in [0.1, 0.15) is 17.3 Å². The average molecular weight is 435 g/mol. The zero-order valence-electron chi connectivity index (χ0n) is 19.0. The molecule has 1 N–H and O–H groups in total. The topological polar surface area (TPSA) is 70.0 Å². The van der Waals surface area contributed by atoms with E-state index in [9.17, 15) is 14.7 Å². The number of nitrogens with zero attached hydrogens (tertiary/aromatic N) is 2. The van der Waals surface area contributed by atoms with Crippen molar-refractivity contribution >= 4 is 29.1 Å². The second kappa shape index (κ2) is 9.30. The predicted molar refractivity (Wildman–Crippen MR) is 125 cm³/mol. The van der Waals surface area contributed by atoms with Crippen LogP contribution < -0.4 is 0 Å². The third-order valence-electron chi connectivity index (χ3n) is 5.78. The van der Waals surface area contributed by atoms with Gasteiger partial charge in [-0.3, -0.25) is 4.79 Å². The number of Topliss-reactive ketones (excluding diaryl/α,β-unsaturated/α-hetero) is 1. The van der Waals surface area contributed by atoms with Crippen LogP contribution in [0.15, 0.2) is 64.1 Å². The Kier molecular flexibility index (Phi) is 6.72. The van der Waals surface area contributed by atoms with Crippen molar-refractivity contribution in [2.75, 3.05) is 7.05 Å². The summed E-state index contributed by atoms with van der Waals surface area (Å²) >= 11 is 0. The SMILES string of the molecule is C/C=C(\C=C1\N=C(C(C)=O)C=C(CC)N1C)c1ccc2c(c1F)CC(C)=C(C(=O)O)C=C2. The van der Waals surface area contributed by atoms with Crippen molar-refractivity contribution in [2.24, 2.45) is 4.99 Å². The molecule has 166 valence electrons. The first-order chi connectivity index (χ1) is 15.2. The van der Waals surface area contributed by atoms with Gasteiger partial charge < -0.3 is 10.0 Å². The maximum atomic E-state index is 15.7. The quantitative estimate of drug-likeness (QED) is 0.682. The Labute approximate surface area is 187 Å². The molecule has 0 saturated heterocycles. The van der Waals surface area contributed by atoms with Gasteiger partial charge >= 0.3 is 5.97 Å². The van der Waals surface area contributed by atoms with Crippen molar-refractivity contribution in [1.29, 1.82) is 0 Å². The molecule has 3 rings (SSSR count). The number of carbonyl (C=O) groups is 2. The summed E-state index contributed by atoms with van der Waals surface area (Å²) in [6.45, 7) is 7.00. The van der Waals surface area contributed by atoms with E-state index in [2.05, 4.69) is 4.99 Å². The van der Waals surface area contributed by atoms with E-state index in [0.717, 1.165) is 12.1 Å². The van der Waals surface area contributed by atoms with Crippen LogP contribution in [0.1, 0.15) is 50.8 Å². The van der Waals surface area contributed by atoms with Gasteiger partial charge in [-0.15, -0.1) is 0 Å². The average Bonchev–Trinajstić information content (AvgIpc) is 2.92. The summed E-state index contributed by atoms with van der Waals surface area (Å²) < 4.78 is 15.7. The van der Waals surface area contributed by atoms with E-state index in [-0.39, 0.29) is 23.6 Å². The monoisotopic (exact) mass is 434 g/mol. The number of hydrogen-bond acceptors (Lipinski definition) is 4. The molecule has 0 bridgehead atoms. The van der Waals surface area contributed by atoms with E-state index in [1.165, 1.54) is 13.0 Å². The molecule has 0 amide bonds. The van der Waals surface area contributed by atoms with E-state index < -0.39 is 5.97 Å². The first kappa shape index (κ1) is 23.1. The molecule has 6 heteroatoms. The summed E-state index contributed by atoms with van der Waals surface area (Å²) in [6, 6.07) is 3.50. The van der Waals surface area contributed by atoms with Gasteiger partial charge in [-0.2, -0.15) is 0 Å². The third-order valence-corrected chi connectivity index (χ3v) is 5.78. The Balaban J connectivity index is 2.08. The van der Waals surface area contributed by atoms with Gasteiger partial charge in [0.05, 0.1) is 5.57 Å². The number of ketones is 1. The lowest BCUT2D eigenvalue weighted by Gasteiger charge is -2.26. The van der Waals surface area contributed by atoms with E-state index in [1.54, 1.807) is 43.4 Å². The number of hydrogen-bond donors (Lipinski definition) is 1. The largest absolute Gasteiger partial charge is 0.478 e. The summed E-state index contributed by atoms with van der Waals surface area (Å²) in [5.74, 6) is -0.980.